The van der Waals surface area contributed by atoms with E-state index in [1.165, 1.54) is 0 Å². The molecule has 0 aliphatic rings. The topological polar surface area (TPSA) is 22.4 Å². The molecule has 0 radical (unpaired) electrons. The summed E-state index contributed by atoms with van der Waals surface area (Å²) in [5.74, 6) is 2.82. The Morgan fingerprint density at radius 2 is 1.78 bits per heavy atom. The Hall–Kier alpha value is -1.70. The Balaban J connectivity index is 2.38. The quantitative estimate of drug-likeness (QED) is 0.772. The van der Waals surface area contributed by atoms with Crippen LogP contribution in [0.4, 0.5) is 0 Å². The molecular formula is C16H20O2. The largest absolute Gasteiger partial charge is 0.496 e. The van der Waals surface area contributed by atoms with E-state index >= 15 is 0 Å². The van der Waals surface area contributed by atoms with Gasteiger partial charge < -0.3 is 9.15 Å². The molecule has 2 nitrogen and oxygen atoms in total. The van der Waals surface area contributed by atoms with Crippen LogP contribution in [0, 0.1) is 6.92 Å². The van der Waals surface area contributed by atoms with Crippen LogP contribution in [0.3, 0.4) is 0 Å². The Morgan fingerprint density at radius 1 is 1.06 bits per heavy atom. The van der Waals surface area contributed by atoms with Crippen LogP contribution in [-0.2, 0) is 5.41 Å². The summed E-state index contributed by atoms with van der Waals surface area (Å²) in [5, 5.41) is 0. The van der Waals surface area contributed by atoms with Gasteiger partial charge in [-0.2, -0.15) is 0 Å². The predicted molar refractivity (Wildman–Crippen MR) is 74.1 cm³/mol. The summed E-state index contributed by atoms with van der Waals surface area (Å²) in [7, 11) is 1.69. The van der Waals surface area contributed by atoms with Gasteiger partial charge in [0.2, 0.25) is 0 Å². The number of methoxy groups -OCH3 is 1. The van der Waals surface area contributed by atoms with Crippen LogP contribution in [0.5, 0.6) is 5.75 Å². The van der Waals surface area contributed by atoms with Crippen molar-refractivity contribution in [3.63, 3.8) is 0 Å². The molecule has 0 fully saturated rings. The van der Waals surface area contributed by atoms with Crippen molar-refractivity contribution in [2.45, 2.75) is 33.1 Å². The number of rotatable bonds is 2. The van der Waals surface area contributed by atoms with E-state index in [-0.39, 0.29) is 5.41 Å². The summed E-state index contributed by atoms with van der Waals surface area (Å²) in [6.07, 6.45) is 0. The highest BCUT2D eigenvalue weighted by Crippen LogP contribution is 2.31. The lowest BCUT2D eigenvalue weighted by molar-refractivity contribution is 0.411. The van der Waals surface area contributed by atoms with Gasteiger partial charge in [-0.3, -0.25) is 0 Å². The average Bonchev–Trinajstić information content (AvgIpc) is 2.77. The Labute approximate surface area is 109 Å². The van der Waals surface area contributed by atoms with Gasteiger partial charge in [-0.25, -0.2) is 0 Å². The zero-order chi connectivity index (χ0) is 13.3. The second-order valence-corrected chi connectivity index (χ2v) is 5.60. The SMILES string of the molecule is COc1ccc(-c2ccc(C(C)(C)C)o2)cc1C. The zero-order valence-corrected chi connectivity index (χ0v) is 11.7. The first-order chi connectivity index (χ1) is 8.41. The molecule has 1 aromatic carbocycles. The third-order valence-corrected chi connectivity index (χ3v) is 3.02. The van der Waals surface area contributed by atoms with E-state index in [9.17, 15) is 0 Å². The first kappa shape index (κ1) is 12.7. The molecule has 96 valence electrons. The highest BCUT2D eigenvalue weighted by Gasteiger charge is 2.18. The first-order valence-electron chi connectivity index (χ1n) is 6.17. The normalized spacial score (nSPS) is 11.6. The lowest BCUT2D eigenvalue weighted by Crippen LogP contribution is -2.08. The molecule has 0 saturated heterocycles. The number of ether oxygens (including phenoxy) is 1. The predicted octanol–water partition coefficient (Wildman–Crippen LogP) is 4.56. The molecule has 0 bridgehead atoms. The summed E-state index contributed by atoms with van der Waals surface area (Å²) in [6, 6.07) is 10.2. The molecule has 1 aromatic heterocycles. The Morgan fingerprint density at radius 3 is 2.28 bits per heavy atom. The lowest BCUT2D eigenvalue weighted by atomic mass is 9.94. The minimum atomic E-state index is 0.0414. The molecule has 0 aliphatic heterocycles. The number of hydrogen-bond acceptors (Lipinski definition) is 2. The van der Waals surface area contributed by atoms with E-state index < -0.39 is 0 Å². The zero-order valence-electron chi connectivity index (χ0n) is 11.7. The van der Waals surface area contributed by atoms with Gasteiger partial charge in [0.05, 0.1) is 7.11 Å². The highest BCUT2D eigenvalue weighted by atomic mass is 16.5. The summed E-state index contributed by atoms with van der Waals surface area (Å²) in [4.78, 5) is 0. The first-order valence-corrected chi connectivity index (χ1v) is 6.17. The average molecular weight is 244 g/mol. The van der Waals surface area contributed by atoms with E-state index in [1.807, 2.05) is 25.1 Å². The highest BCUT2D eigenvalue weighted by molar-refractivity contribution is 5.60. The van der Waals surface area contributed by atoms with Gasteiger partial charge in [-0.15, -0.1) is 0 Å². The maximum absolute atomic E-state index is 5.92. The molecule has 0 atom stereocenters. The van der Waals surface area contributed by atoms with Crippen LogP contribution in [-0.4, -0.2) is 7.11 Å². The molecule has 0 amide bonds. The summed E-state index contributed by atoms with van der Waals surface area (Å²) >= 11 is 0. The number of aryl methyl sites for hydroxylation is 1. The van der Waals surface area contributed by atoms with Gasteiger partial charge in [-0.05, 0) is 42.8 Å². The maximum Gasteiger partial charge on any atom is 0.134 e. The van der Waals surface area contributed by atoms with Crippen molar-refractivity contribution in [2.24, 2.45) is 0 Å². The fraction of sp³-hybridized carbons (Fsp3) is 0.375. The van der Waals surface area contributed by atoms with Crippen molar-refractivity contribution in [1.82, 2.24) is 0 Å². The van der Waals surface area contributed by atoms with Crippen LogP contribution < -0.4 is 4.74 Å². The molecule has 2 aromatic rings. The van der Waals surface area contributed by atoms with E-state index in [1.54, 1.807) is 7.11 Å². The molecule has 0 N–H and O–H groups in total. The van der Waals surface area contributed by atoms with Gasteiger partial charge in [0, 0.05) is 11.0 Å². The molecule has 0 unspecified atom stereocenters. The molecule has 0 saturated carbocycles. The number of hydrogen-bond donors (Lipinski definition) is 0. The van der Waals surface area contributed by atoms with Crippen LogP contribution >= 0.6 is 0 Å². The van der Waals surface area contributed by atoms with Gasteiger partial charge in [0.1, 0.15) is 17.3 Å². The van der Waals surface area contributed by atoms with Crippen molar-refractivity contribution >= 4 is 0 Å². The van der Waals surface area contributed by atoms with Crippen molar-refractivity contribution in [2.75, 3.05) is 7.11 Å². The minimum Gasteiger partial charge on any atom is -0.496 e. The van der Waals surface area contributed by atoms with E-state index in [0.717, 1.165) is 28.4 Å². The standard InChI is InChI=1S/C16H20O2/c1-11-10-12(6-7-13(11)17-5)14-8-9-15(18-14)16(2,3)4/h6-10H,1-5H3. The molecule has 2 rings (SSSR count). The second kappa shape index (κ2) is 4.52. The van der Waals surface area contributed by atoms with Crippen molar-refractivity contribution in [3.05, 3.63) is 41.7 Å². The monoisotopic (exact) mass is 244 g/mol. The van der Waals surface area contributed by atoms with E-state index in [0.29, 0.717) is 0 Å². The number of benzene rings is 1. The Bertz CT molecular complexity index is 544. The van der Waals surface area contributed by atoms with Gasteiger partial charge in [-0.1, -0.05) is 20.8 Å². The fourth-order valence-electron chi connectivity index (χ4n) is 1.93. The molecule has 2 heteroatoms. The van der Waals surface area contributed by atoms with E-state index in [2.05, 4.69) is 32.9 Å². The lowest BCUT2D eigenvalue weighted by Gasteiger charge is -2.14. The van der Waals surface area contributed by atoms with Crippen molar-refractivity contribution < 1.29 is 9.15 Å². The van der Waals surface area contributed by atoms with Crippen molar-refractivity contribution in [3.8, 4) is 17.1 Å². The van der Waals surface area contributed by atoms with E-state index in [4.69, 9.17) is 9.15 Å². The van der Waals surface area contributed by atoms with Gasteiger partial charge in [0.25, 0.3) is 0 Å². The van der Waals surface area contributed by atoms with Crippen LogP contribution in [0.1, 0.15) is 32.1 Å². The van der Waals surface area contributed by atoms with Crippen LogP contribution in [0.25, 0.3) is 11.3 Å². The molecule has 0 spiro atoms. The molecular weight excluding hydrogens is 224 g/mol. The van der Waals surface area contributed by atoms with Crippen molar-refractivity contribution in [1.29, 1.82) is 0 Å². The summed E-state index contributed by atoms with van der Waals surface area (Å²) < 4.78 is 11.2. The molecule has 1 heterocycles. The van der Waals surface area contributed by atoms with Gasteiger partial charge in [0.15, 0.2) is 0 Å². The van der Waals surface area contributed by atoms with Crippen LogP contribution in [0.2, 0.25) is 0 Å². The third-order valence-electron chi connectivity index (χ3n) is 3.02. The smallest absolute Gasteiger partial charge is 0.134 e. The van der Waals surface area contributed by atoms with Crippen LogP contribution in [0.15, 0.2) is 34.7 Å². The summed E-state index contributed by atoms with van der Waals surface area (Å²) in [6.45, 7) is 8.48. The Kier molecular flexibility index (Phi) is 3.20. The summed E-state index contributed by atoms with van der Waals surface area (Å²) in [5.41, 5.74) is 2.24. The maximum atomic E-state index is 5.92. The molecule has 18 heavy (non-hydrogen) atoms. The second-order valence-electron chi connectivity index (χ2n) is 5.60. The molecule has 0 aliphatic carbocycles. The third kappa shape index (κ3) is 2.42. The number of furan rings is 1. The minimum absolute atomic E-state index is 0.0414. The van der Waals surface area contributed by atoms with Gasteiger partial charge >= 0.3 is 0 Å². The fourth-order valence-corrected chi connectivity index (χ4v) is 1.93.